The molecule has 8 heteroatoms. The Kier molecular flexibility index (Phi) is 6.50. The Bertz CT molecular complexity index is 1320. The van der Waals surface area contributed by atoms with Gasteiger partial charge in [-0.15, -0.1) is 0 Å². The van der Waals surface area contributed by atoms with Gasteiger partial charge in [-0.3, -0.25) is 14.4 Å². The van der Waals surface area contributed by atoms with Gasteiger partial charge in [0.2, 0.25) is 0 Å². The predicted octanol–water partition coefficient (Wildman–Crippen LogP) is 3.19. The maximum absolute atomic E-state index is 13.2. The van der Waals surface area contributed by atoms with Gasteiger partial charge in [-0.05, 0) is 60.9 Å². The van der Waals surface area contributed by atoms with E-state index in [-0.39, 0.29) is 41.5 Å². The van der Waals surface area contributed by atoms with Crippen molar-refractivity contribution < 1.29 is 14.3 Å². The molecule has 2 aliphatic heterocycles. The smallest absolute Gasteiger partial charge is 0.274 e. The third-order valence-electron chi connectivity index (χ3n) is 6.91. The lowest BCUT2D eigenvalue weighted by atomic mass is 9.83. The Labute approximate surface area is 210 Å². The van der Waals surface area contributed by atoms with Crippen molar-refractivity contribution >= 4 is 23.2 Å². The largest absolute Gasteiger partial charge is 0.484 e. The number of carbonyl (C=O) groups excluding carboxylic acids is 2. The average Bonchev–Trinajstić information content (AvgIpc) is 2.89. The van der Waals surface area contributed by atoms with Crippen molar-refractivity contribution in [3.05, 3.63) is 88.3 Å². The molecule has 0 aliphatic carbocycles. The SMILES string of the molecule is CN(C)c1ccc(C(=O)N2CC3CC(C2)c2ccc(NC(=O)COc4ccccc4)c(=O)n2C3)cc1. The highest BCUT2D eigenvalue weighted by Crippen LogP contribution is 2.36. The van der Waals surface area contributed by atoms with Crippen molar-refractivity contribution in [2.45, 2.75) is 18.9 Å². The van der Waals surface area contributed by atoms with Gasteiger partial charge in [-0.1, -0.05) is 18.2 Å². The van der Waals surface area contributed by atoms with E-state index < -0.39 is 0 Å². The van der Waals surface area contributed by atoms with E-state index in [9.17, 15) is 14.4 Å². The second kappa shape index (κ2) is 9.89. The Morgan fingerprint density at radius 2 is 1.72 bits per heavy atom. The van der Waals surface area contributed by atoms with Crippen LogP contribution in [0.2, 0.25) is 0 Å². The van der Waals surface area contributed by atoms with Crippen molar-refractivity contribution in [1.29, 1.82) is 0 Å². The number of likely N-dealkylation sites (tertiary alicyclic amines) is 1. The molecule has 186 valence electrons. The molecule has 1 saturated heterocycles. The fraction of sp³-hybridized carbons (Fsp3) is 0.321. The zero-order chi connectivity index (χ0) is 25.2. The van der Waals surface area contributed by atoms with E-state index >= 15 is 0 Å². The predicted molar refractivity (Wildman–Crippen MR) is 139 cm³/mol. The highest BCUT2D eigenvalue weighted by Gasteiger charge is 2.37. The molecule has 2 bridgehead atoms. The molecule has 1 aromatic heterocycles. The van der Waals surface area contributed by atoms with Gasteiger partial charge < -0.3 is 24.4 Å². The summed E-state index contributed by atoms with van der Waals surface area (Å²) < 4.78 is 7.25. The Morgan fingerprint density at radius 3 is 2.44 bits per heavy atom. The molecule has 0 radical (unpaired) electrons. The van der Waals surface area contributed by atoms with E-state index in [0.717, 1.165) is 17.8 Å². The summed E-state index contributed by atoms with van der Waals surface area (Å²) in [6.07, 6.45) is 0.944. The maximum atomic E-state index is 13.2. The van der Waals surface area contributed by atoms with Crippen molar-refractivity contribution in [1.82, 2.24) is 9.47 Å². The van der Waals surface area contributed by atoms with Crippen LogP contribution in [0.3, 0.4) is 0 Å². The van der Waals surface area contributed by atoms with Gasteiger partial charge in [0.15, 0.2) is 6.61 Å². The summed E-state index contributed by atoms with van der Waals surface area (Å²) in [5, 5.41) is 2.69. The van der Waals surface area contributed by atoms with Crippen LogP contribution < -0.4 is 20.5 Å². The topological polar surface area (TPSA) is 83.9 Å². The van der Waals surface area contributed by atoms with E-state index in [2.05, 4.69) is 5.32 Å². The lowest BCUT2D eigenvalue weighted by Gasteiger charge is -2.43. The van der Waals surface area contributed by atoms with E-state index in [1.165, 1.54) is 0 Å². The van der Waals surface area contributed by atoms with E-state index in [0.29, 0.717) is 30.9 Å². The first-order valence-electron chi connectivity index (χ1n) is 12.2. The fourth-order valence-electron chi connectivity index (χ4n) is 5.14. The number of benzene rings is 2. The molecule has 2 aliphatic rings. The first-order valence-corrected chi connectivity index (χ1v) is 12.2. The number of hydrogen-bond acceptors (Lipinski definition) is 5. The van der Waals surface area contributed by atoms with Crippen LogP contribution in [0.25, 0.3) is 0 Å². The highest BCUT2D eigenvalue weighted by atomic mass is 16.5. The van der Waals surface area contributed by atoms with Gasteiger partial charge in [-0.25, -0.2) is 0 Å². The standard InChI is InChI=1S/C28H30N4O4/c1-30(2)22-10-8-20(9-11-22)27(34)31-15-19-14-21(17-31)25-13-12-24(28(35)32(25)16-19)29-26(33)18-36-23-6-4-3-5-7-23/h3-13,19,21H,14-18H2,1-2H3,(H,29,33). The number of pyridine rings is 1. The first kappa shape index (κ1) is 23.7. The molecule has 2 atom stereocenters. The summed E-state index contributed by atoms with van der Waals surface area (Å²) in [7, 11) is 3.94. The van der Waals surface area contributed by atoms with Crippen molar-refractivity contribution in [2.24, 2.45) is 5.92 Å². The number of amides is 2. The number of hydrogen-bond donors (Lipinski definition) is 1. The van der Waals surface area contributed by atoms with Crippen LogP contribution >= 0.6 is 0 Å². The summed E-state index contributed by atoms with van der Waals surface area (Å²) in [6.45, 7) is 1.53. The molecule has 0 spiro atoms. The third-order valence-corrected chi connectivity index (χ3v) is 6.91. The molecule has 3 heterocycles. The number of para-hydroxylation sites is 1. The lowest BCUT2D eigenvalue weighted by molar-refractivity contribution is -0.118. The van der Waals surface area contributed by atoms with Crippen LogP contribution in [0.4, 0.5) is 11.4 Å². The molecule has 2 aromatic carbocycles. The number of rotatable bonds is 6. The first-order chi connectivity index (χ1) is 17.4. The van der Waals surface area contributed by atoms with Crippen molar-refractivity contribution in [3.8, 4) is 5.75 Å². The Balaban J connectivity index is 1.27. The van der Waals surface area contributed by atoms with Crippen LogP contribution in [0, 0.1) is 5.92 Å². The van der Waals surface area contributed by atoms with Gasteiger partial charge >= 0.3 is 0 Å². The summed E-state index contributed by atoms with van der Waals surface area (Å²) in [6, 6.07) is 20.3. The minimum absolute atomic E-state index is 0.0214. The minimum atomic E-state index is -0.385. The van der Waals surface area contributed by atoms with Crippen LogP contribution in [-0.4, -0.2) is 55.1 Å². The number of piperidine rings is 1. The molecule has 5 rings (SSSR count). The number of nitrogens with one attached hydrogen (secondary N) is 1. The number of aromatic nitrogens is 1. The van der Waals surface area contributed by atoms with Crippen molar-refractivity contribution in [2.75, 3.05) is 44.0 Å². The normalized spacial score (nSPS) is 18.2. The van der Waals surface area contributed by atoms with E-state index in [1.54, 1.807) is 22.8 Å². The van der Waals surface area contributed by atoms with Crippen molar-refractivity contribution in [3.63, 3.8) is 0 Å². The second-order valence-corrected chi connectivity index (χ2v) is 9.69. The van der Waals surface area contributed by atoms with Gasteiger partial charge in [0.1, 0.15) is 11.4 Å². The number of fused-ring (bicyclic) bond motifs is 4. The molecule has 1 fully saturated rings. The molecule has 1 N–H and O–H groups in total. The number of nitrogens with zero attached hydrogens (tertiary/aromatic N) is 3. The van der Waals surface area contributed by atoms with Crippen LogP contribution in [-0.2, 0) is 11.3 Å². The maximum Gasteiger partial charge on any atom is 0.274 e. The van der Waals surface area contributed by atoms with Crippen LogP contribution in [0.1, 0.15) is 28.4 Å². The van der Waals surface area contributed by atoms with Gasteiger partial charge in [0.05, 0.1) is 0 Å². The molecule has 2 unspecified atom stereocenters. The van der Waals surface area contributed by atoms with Gasteiger partial charge in [0.25, 0.3) is 17.4 Å². The molecular formula is C28H30N4O4. The summed E-state index contributed by atoms with van der Waals surface area (Å²) in [5.74, 6) is 0.501. The zero-order valence-electron chi connectivity index (χ0n) is 20.5. The quantitative estimate of drug-likeness (QED) is 0.579. The Morgan fingerprint density at radius 1 is 0.972 bits per heavy atom. The third kappa shape index (κ3) is 4.84. The molecule has 36 heavy (non-hydrogen) atoms. The molecule has 8 nitrogen and oxygen atoms in total. The summed E-state index contributed by atoms with van der Waals surface area (Å²) in [4.78, 5) is 42.7. The molecular weight excluding hydrogens is 456 g/mol. The summed E-state index contributed by atoms with van der Waals surface area (Å²) >= 11 is 0. The number of ether oxygens (including phenoxy) is 1. The number of anilines is 2. The molecule has 2 amide bonds. The minimum Gasteiger partial charge on any atom is -0.484 e. The Hall–Kier alpha value is -4.07. The number of carbonyl (C=O) groups is 2. The molecule has 0 saturated carbocycles. The van der Waals surface area contributed by atoms with Gasteiger partial charge in [0, 0.05) is 56.6 Å². The second-order valence-electron chi connectivity index (χ2n) is 9.69. The molecule has 3 aromatic rings. The summed E-state index contributed by atoms with van der Waals surface area (Å²) in [5.41, 5.74) is 2.66. The zero-order valence-corrected chi connectivity index (χ0v) is 20.5. The average molecular weight is 487 g/mol. The van der Waals surface area contributed by atoms with Crippen LogP contribution in [0.5, 0.6) is 5.75 Å². The van der Waals surface area contributed by atoms with E-state index in [4.69, 9.17) is 4.74 Å². The van der Waals surface area contributed by atoms with Crippen LogP contribution in [0.15, 0.2) is 71.5 Å². The monoisotopic (exact) mass is 486 g/mol. The van der Waals surface area contributed by atoms with Gasteiger partial charge in [-0.2, -0.15) is 0 Å². The highest BCUT2D eigenvalue weighted by molar-refractivity contribution is 5.94. The fourth-order valence-corrected chi connectivity index (χ4v) is 5.14. The lowest BCUT2D eigenvalue weighted by Crippen LogP contribution is -2.49. The van der Waals surface area contributed by atoms with E-state index in [1.807, 2.05) is 72.4 Å².